The summed E-state index contributed by atoms with van der Waals surface area (Å²) in [5, 5.41) is 2.24. The second-order valence-electron chi connectivity index (χ2n) is 8.46. The van der Waals surface area contributed by atoms with Crippen molar-refractivity contribution in [2.24, 2.45) is 0 Å². The summed E-state index contributed by atoms with van der Waals surface area (Å²) in [5.41, 5.74) is 4.00. The van der Waals surface area contributed by atoms with E-state index in [1.807, 2.05) is 26.0 Å². The molecule has 4 rings (SSSR count). The van der Waals surface area contributed by atoms with Crippen molar-refractivity contribution in [3.05, 3.63) is 93.6 Å². The molecular formula is C28H25FN2O5S. The minimum atomic E-state index is -0.540. The second-order valence-corrected chi connectivity index (χ2v) is 9.45. The molecule has 9 heteroatoms. The lowest BCUT2D eigenvalue weighted by Crippen LogP contribution is -2.36. The maximum atomic E-state index is 13.1. The van der Waals surface area contributed by atoms with Crippen molar-refractivity contribution in [2.75, 3.05) is 19.0 Å². The number of rotatable bonds is 8. The Kier molecular flexibility index (Phi) is 7.93. The lowest BCUT2D eigenvalue weighted by Gasteiger charge is -2.14. The summed E-state index contributed by atoms with van der Waals surface area (Å²) in [4.78, 5) is 39.0. The Morgan fingerprint density at radius 1 is 1.03 bits per heavy atom. The monoisotopic (exact) mass is 520 g/mol. The van der Waals surface area contributed by atoms with Crippen LogP contribution in [-0.2, 0) is 16.2 Å². The molecule has 3 aromatic rings. The number of thioether (sulfide) groups is 1. The van der Waals surface area contributed by atoms with Crippen LogP contribution in [-0.4, -0.2) is 35.6 Å². The number of ether oxygens (including phenoxy) is 2. The topological polar surface area (TPSA) is 84.9 Å². The van der Waals surface area contributed by atoms with Crippen molar-refractivity contribution >= 4 is 40.6 Å². The van der Waals surface area contributed by atoms with Crippen molar-refractivity contribution in [2.45, 2.75) is 20.5 Å². The average Bonchev–Trinajstić information content (AvgIpc) is 3.13. The standard InChI is InChI=1S/C28H25FN2O5S/c1-17-4-10-22(18(2)12-17)30-26(32)15-31-27(33)25(37-28(31)34)14-20-7-11-23(24(13-20)35-3)36-16-19-5-8-21(29)9-6-19/h4-14H,15-16H2,1-3H3,(H,30,32)/b25-14-. The molecule has 7 nitrogen and oxygen atoms in total. The molecule has 3 aromatic carbocycles. The van der Waals surface area contributed by atoms with Crippen molar-refractivity contribution in [1.82, 2.24) is 4.90 Å². The zero-order valence-corrected chi connectivity index (χ0v) is 21.4. The molecule has 0 bridgehead atoms. The van der Waals surface area contributed by atoms with Gasteiger partial charge in [-0.15, -0.1) is 0 Å². The number of anilines is 1. The highest BCUT2D eigenvalue weighted by Crippen LogP contribution is 2.35. The number of aryl methyl sites for hydroxylation is 2. The molecule has 0 atom stereocenters. The van der Waals surface area contributed by atoms with Crippen molar-refractivity contribution in [3.8, 4) is 11.5 Å². The Hall–Kier alpha value is -4.11. The fraction of sp³-hybridized carbons (Fsp3) is 0.179. The Balaban J connectivity index is 1.42. The number of carbonyl (C=O) groups excluding carboxylic acids is 3. The van der Waals surface area contributed by atoms with E-state index >= 15 is 0 Å². The van der Waals surface area contributed by atoms with Gasteiger partial charge in [0.15, 0.2) is 11.5 Å². The summed E-state index contributed by atoms with van der Waals surface area (Å²) in [6.07, 6.45) is 1.57. The molecule has 1 heterocycles. The zero-order chi connectivity index (χ0) is 26.5. The maximum absolute atomic E-state index is 13.1. The van der Waals surface area contributed by atoms with Gasteiger partial charge in [-0.1, -0.05) is 35.9 Å². The van der Waals surface area contributed by atoms with E-state index in [9.17, 15) is 18.8 Å². The maximum Gasteiger partial charge on any atom is 0.294 e. The van der Waals surface area contributed by atoms with Crippen molar-refractivity contribution < 1.29 is 28.2 Å². The molecule has 1 aliphatic rings. The fourth-order valence-electron chi connectivity index (χ4n) is 3.71. The number of methoxy groups -OCH3 is 1. The quantitative estimate of drug-likeness (QED) is 0.383. The molecule has 190 valence electrons. The van der Waals surface area contributed by atoms with E-state index in [1.54, 1.807) is 42.5 Å². The number of hydrogen-bond donors (Lipinski definition) is 1. The molecule has 0 aromatic heterocycles. The predicted molar refractivity (Wildman–Crippen MR) is 141 cm³/mol. The third-order valence-electron chi connectivity index (χ3n) is 5.62. The zero-order valence-electron chi connectivity index (χ0n) is 20.5. The Morgan fingerprint density at radius 3 is 2.49 bits per heavy atom. The number of benzene rings is 3. The van der Waals surface area contributed by atoms with Crippen LogP contribution < -0.4 is 14.8 Å². The smallest absolute Gasteiger partial charge is 0.294 e. The SMILES string of the molecule is COc1cc(/C=C2\SC(=O)N(CC(=O)Nc3ccc(C)cc3C)C2=O)ccc1OCc1ccc(F)cc1. The Labute approximate surface area is 218 Å². The minimum Gasteiger partial charge on any atom is -0.493 e. The van der Waals surface area contributed by atoms with Crippen LogP contribution in [0.3, 0.4) is 0 Å². The molecule has 1 aliphatic heterocycles. The van der Waals surface area contributed by atoms with Gasteiger partial charge in [0.05, 0.1) is 12.0 Å². The minimum absolute atomic E-state index is 0.200. The number of nitrogens with one attached hydrogen (secondary N) is 1. The summed E-state index contributed by atoms with van der Waals surface area (Å²) in [6, 6.07) is 16.7. The van der Waals surface area contributed by atoms with E-state index in [1.165, 1.54) is 19.2 Å². The van der Waals surface area contributed by atoms with Gasteiger partial charge >= 0.3 is 0 Å². The molecule has 0 unspecified atom stereocenters. The molecule has 37 heavy (non-hydrogen) atoms. The molecule has 1 fully saturated rings. The number of halogens is 1. The molecule has 0 saturated carbocycles. The van der Waals surface area contributed by atoms with Crippen molar-refractivity contribution in [3.63, 3.8) is 0 Å². The average molecular weight is 521 g/mol. The van der Waals surface area contributed by atoms with Gasteiger partial charge in [0, 0.05) is 5.69 Å². The van der Waals surface area contributed by atoms with Crippen LogP contribution in [0.4, 0.5) is 14.9 Å². The first-order chi connectivity index (χ1) is 17.7. The highest BCUT2D eigenvalue weighted by Gasteiger charge is 2.36. The number of hydrogen-bond acceptors (Lipinski definition) is 6. The van der Waals surface area contributed by atoms with E-state index in [0.717, 1.165) is 33.4 Å². The lowest BCUT2D eigenvalue weighted by atomic mass is 10.1. The first kappa shape index (κ1) is 26.0. The molecule has 1 saturated heterocycles. The van der Waals surface area contributed by atoms with E-state index in [4.69, 9.17) is 9.47 Å². The summed E-state index contributed by atoms with van der Waals surface area (Å²) < 4.78 is 24.3. The van der Waals surface area contributed by atoms with E-state index in [2.05, 4.69) is 5.32 Å². The third kappa shape index (κ3) is 6.37. The summed E-state index contributed by atoms with van der Waals surface area (Å²) in [7, 11) is 1.49. The van der Waals surface area contributed by atoms with Crippen LogP contribution in [0.25, 0.3) is 6.08 Å². The number of nitrogens with zero attached hydrogens (tertiary/aromatic N) is 1. The fourth-order valence-corrected chi connectivity index (χ4v) is 4.55. The summed E-state index contributed by atoms with van der Waals surface area (Å²) >= 11 is 0.772. The molecular weight excluding hydrogens is 495 g/mol. The number of imide groups is 1. The van der Waals surface area contributed by atoms with Crippen LogP contribution in [0, 0.1) is 19.7 Å². The predicted octanol–water partition coefficient (Wildman–Crippen LogP) is 5.71. The van der Waals surface area contributed by atoms with Gasteiger partial charge in [-0.25, -0.2) is 4.39 Å². The first-order valence-corrected chi connectivity index (χ1v) is 12.2. The van der Waals surface area contributed by atoms with Gasteiger partial charge in [-0.05, 0) is 78.7 Å². The highest BCUT2D eigenvalue weighted by molar-refractivity contribution is 8.18. The van der Waals surface area contributed by atoms with E-state index in [-0.39, 0.29) is 23.9 Å². The van der Waals surface area contributed by atoms with Crippen LogP contribution >= 0.6 is 11.8 Å². The lowest BCUT2D eigenvalue weighted by molar-refractivity contribution is -0.127. The van der Waals surface area contributed by atoms with Crippen LogP contribution in [0.1, 0.15) is 22.3 Å². The molecule has 0 radical (unpaired) electrons. The molecule has 0 aliphatic carbocycles. The first-order valence-electron chi connectivity index (χ1n) is 11.4. The summed E-state index contributed by atoms with van der Waals surface area (Å²) in [5.74, 6) is -0.415. The highest BCUT2D eigenvalue weighted by atomic mass is 32.2. The Bertz CT molecular complexity index is 1390. The molecule has 1 N–H and O–H groups in total. The normalized spacial score (nSPS) is 14.3. The van der Waals surface area contributed by atoms with Gasteiger partial charge in [-0.2, -0.15) is 0 Å². The summed E-state index contributed by atoms with van der Waals surface area (Å²) in [6.45, 7) is 3.67. The Morgan fingerprint density at radius 2 is 1.78 bits per heavy atom. The van der Waals surface area contributed by atoms with Gasteiger partial charge in [-0.3, -0.25) is 19.3 Å². The van der Waals surface area contributed by atoms with Gasteiger partial charge in [0.1, 0.15) is 19.0 Å². The van der Waals surface area contributed by atoms with Gasteiger partial charge in [0.2, 0.25) is 5.91 Å². The third-order valence-corrected chi connectivity index (χ3v) is 6.53. The molecule has 0 spiro atoms. The van der Waals surface area contributed by atoms with Crippen LogP contribution in [0.5, 0.6) is 11.5 Å². The van der Waals surface area contributed by atoms with Crippen LogP contribution in [0.2, 0.25) is 0 Å². The number of carbonyl (C=O) groups is 3. The van der Waals surface area contributed by atoms with Gasteiger partial charge < -0.3 is 14.8 Å². The largest absolute Gasteiger partial charge is 0.493 e. The van der Waals surface area contributed by atoms with Crippen molar-refractivity contribution in [1.29, 1.82) is 0 Å². The second kappa shape index (κ2) is 11.3. The van der Waals surface area contributed by atoms with Crippen LogP contribution in [0.15, 0.2) is 65.6 Å². The van der Waals surface area contributed by atoms with Gasteiger partial charge in [0.25, 0.3) is 11.1 Å². The number of amides is 3. The molecule has 3 amide bonds. The van der Waals surface area contributed by atoms with E-state index < -0.39 is 17.1 Å². The van der Waals surface area contributed by atoms with E-state index in [0.29, 0.717) is 22.7 Å².